The average molecular weight is 330 g/mol. The van der Waals surface area contributed by atoms with Gasteiger partial charge in [0.15, 0.2) is 5.65 Å². The third-order valence-electron chi connectivity index (χ3n) is 4.68. The van der Waals surface area contributed by atoms with Gasteiger partial charge in [-0.05, 0) is 31.4 Å². The van der Waals surface area contributed by atoms with Gasteiger partial charge in [0.2, 0.25) is 5.91 Å². The lowest BCUT2D eigenvalue weighted by molar-refractivity contribution is -0.148. The first kappa shape index (κ1) is 16.4. The molecule has 1 saturated carbocycles. The Balaban J connectivity index is 1.49. The third kappa shape index (κ3) is 3.55. The van der Waals surface area contributed by atoms with Crippen molar-refractivity contribution < 1.29 is 14.7 Å². The molecule has 2 aromatic heterocycles. The van der Waals surface area contributed by atoms with Gasteiger partial charge in [-0.3, -0.25) is 14.0 Å². The van der Waals surface area contributed by atoms with Crippen molar-refractivity contribution in [2.45, 2.75) is 38.5 Å². The van der Waals surface area contributed by atoms with E-state index in [9.17, 15) is 14.7 Å². The van der Waals surface area contributed by atoms with Crippen molar-refractivity contribution in [2.75, 3.05) is 6.54 Å². The maximum absolute atomic E-state index is 12.3. The fourth-order valence-corrected chi connectivity index (χ4v) is 3.39. The van der Waals surface area contributed by atoms with Crippen LogP contribution < -0.4 is 5.32 Å². The molecular formula is C17H22N4O3. The fraction of sp³-hybridized carbons (Fsp3) is 0.529. The molecule has 2 unspecified atom stereocenters. The summed E-state index contributed by atoms with van der Waals surface area (Å²) in [5, 5.41) is 20.4. The summed E-state index contributed by atoms with van der Waals surface area (Å²) in [5.74, 6) is -1.07. The Kier molecular flexibility index (Phi) is 5.08. The molecule has 128 valence electrons. The first-order chi connectivity index (χ1) is 11.7. The third-order valence-corrected chi connectivity index (χ3v) is 4.68. The number of aliphatic carboxylic acids is 1. The molecule has 24 heavy (non-hydrogen) atoms. The van der Waals surface area contributed by atoms with Gasteiger partial charge in [0.05, 0.1) is 11.8 Å². The molecule has 7 heteroatoms. The second-order valence-corrected chi connectivity index (χ2v) is 6.28. The molecule has 1 aliphatic rings. The number of nitrogens with zero attached hydrogens (tertiary/aromatic N) is 3. The van der Waals surface area contributed by atoms with Crippen LogP contribution in [0.5, 0.6) is 0 Å². The van der Waals surface area contributed by atoms with E-state index >= 15 is 0 Å². The van der Waals surface area contributed by atoms with Crippen LogP contribution in [0.4, 0.5) is 0 Å². The number of hydrogen-bond donors (Lipinski definition) is 2. The number of carbonyl (C=O) groups excluding carboxylic acids is 1. The molecule has 0 aliphatic heterocycles. The van der Waals surface area contributed by atoms with Gasteiger partial charge in [-0.15, -0.1) is 10.2 Å². The molecule has 1 amide bonds. The second kappa shape index (κ2) is 7.42. The van der Waals surface area contributed by atoms with Crippen molar-refractivity contribution in [1.29, 1.82) is 0 Å². The van der Waals surface area contributed by atoms with E-state index in [4.69, 9.17) is 0 Å². The summed E-state index contributed by atoms with van der Waals surface area (Å²) in [4.78, 5) is 23.6. The molecule has 1 aliphatic carbocycles. The minimum atomic E-state index is -0.857. The van der Waals surface area contributed by atoms with Crippen LogP contribution in [0.3, 0.4) is 0 Å². The Labute approximate surface area is 140 Å². The Hall–Kier alpha value is -2.44. The number of amides is 1. The molecule has 7 nitrogen and oxygen atoms in total. The normalized spacial score (nSPS) is 20.8. The van der Waals surface area contributed by atoms with Crippen LogP contribution in [0.2, 0.25) is 0 Å². The highest BCUT2D eigenvalue weighted by atomic mass is 16.4. The number of carboxylic acid groups (broad SMARTS) is 1. The highest BCUT2D eigenvalue weighted by Gasteiger charge is 2.35. The number of nitrogens with one attached hydrogen (secondary N) is 1. The molecule has 2 N–H and O–H groups in total. The van der Waals surface area contributed by atoms with E-state index in [0.717, 1.165) is 30.7 Å². The number of rotatable bonds is 6. The number of aromatic nitrogens is 3. The lowest BCUT2D eigenvalue weighted by Gasteiger charge is -2.27. The highest BCUT2D eigenvalue weighted by molar-refractivity contribution is 5.84. The molecule has 2 aromatic rings. The fourth-order valence-electron chi connectivity index (χ4n) is 3.39. The lowest BCUT2D eigenvalue weighted by Crippen LogP contribution is -2.40. The summed E-state index contributed by atoms with van der Waals surface area (Å²) in [5.41, 5.74) is 0.808. The topological polar surface area (TPSA) is 96.6 Å². The summed E-state index contributed by atoms with van der Waals surface area (Å²) in [6, 6.07) is 5.74. The predicted octanol–water partition coefficient (Wildman–Crippen LogP) is 1.67. The quantitative estimate of drug-likeness (QED) is 0.785. The molecule has 1 fully saturated rings. The maximum atomic E-state index is 12.3. The van der Waals surface area contributed by atoms with Crippen LogP contribution in [0, 0.1) is 11.8 Å². The van der Waals surface area contributed by atoms with E-state index < -0.39 is 17.8 Å². The Bertz CT molecular complexity index is 727. The van der Waals surface area contributed by atoms with Crippen molar-refractivity contribution in [3.8, 4) is 0 Å². The SMILES string of the molecule is O=C(O)C1CCCCC1C(=O)NCCCc1nnc2ccccn12. The summed E-state index contributed by atoms with van der Waals surface area (Å²) in [6.45, 7) is 0.517. The molecule has 0 spiro atoms. The van der Waals surface area contributed by atoms with Gasteiger partial charge < -0.3 is 10.4 Å². The minimum Gasteiger partial charge on any atom is -0.481 e. The van der Waals surface area contributed by atoms with E-state index in [1.807, 2.05) is 28.8 Å². The highest BCUT2D eigenvalue weighted by Crippen LogP contribution is 2.30. The van der Waals surface area contributed by atoms with Crippen LogP contribution in [-0.4, -0.2) is 38.1 Å². The molecule has 2 heterocycles. The smallest absolute Gasteiger partial charge is 0.307 e. The summed E-state index contributed by atoms with van der Waals surface area (Å²) >= 11 is 0. The molecule has 3 rings (SSSR count). The van der Waals surface area contributed by atoms with E-state index in [1.54, 1.807) is 0 Å². The monoisotopic (exact) mass is 330 g/mol. The van der Waals surface area contributed by atoms with Crippen LogP contribution >= 0.6 is 0 Å². The van der Waals surface area contributed by atoms with Crippen molar-refractivity contribution in [3.05, 3.63) is 30.2 Å². The van der Waals surface area contributed by atoms with Crippen LogP contribution in [0.1, 0.15) is 37.9 Å². The average Bonchev–Trinajstić information content (AvgIpc) is 3.01. The molecule has 0 aromatic carbocycles. The maximum Gasteiger partial charge on any atom is 0.307 e. The van der Waals surface area contributed by atoms with Crippen molar-refractivity contribution in [1.82, 2.24) is 19.9 Å². The number of fused-ring (bicyclic) bond motifs is 1. The molecule has 0 bridgehead atoms. The van der Waals surface area contributed by atoms with Crippen LogP contribution in [-0.2, 0) is 16.0 Å². The summed E-state index contributed by atoms with van der Waals surface area (Å²) < 4.78 is 1.93. The van der Waals surface area contributed by atoms with Gasteiger partial charge in [-0.2, -0.15) is 0 Å². The Morgan fingerprint density at radius 3 is 2.79 bits per heavy atom. The van der Waals surface area contributed by atoms with Crippen molar-refractivity contribution in [2.24, 2.45) is 11.8 Å². The zero-order chi connectivity index (χ0) is 16.9. The number of aryl methyl sites for hydroxylation is 1. The molecule has 0 saturated heterocycles. The predicted molar refractivity (Wildman–Crippen MR) is 87.4 cm³/mol. The number of carbonyl (C=O) groups is 2. The zero-order valence-corrected chi connectivity index (χ0v) is 13.5. The van der Waals surface area contributed by atoms with Crippen LogP contribution in [0.15, 0.2) is 24.4 Å². The van der Waals surface area contributed by atoms with Gasteiger partial charge >= 0.3 is 5.97 Å². The summed E-state index contributed by atoms with van der Waals surface area (Å²) in [6.07, 6.45) is 6.44. The van der Waals surface area contributed by atoms with Gasteiger partial charge in [-0.25, -0.2) is 0 Å². The molecule has 2 atom stereocenters. The minimum absolute atomic E-state index is 0.131. The summed E-state index contributed by atoms with van der Waals surface area (Å²) in [7, 11) is 0. The lowest BCUT2D eigenvalue weighted by atomic mass is 9.78. The van der Waals surface area contributed by atoms with Gasteiger partial charge in [-0.1, -0.05) is 18.9 Å². The standard InChI is InChI=1S/C17H22N4O3/c22-16(12-6-1-2-7-13(12)17(23)24)18-10-5-9-15-20-19-14-8-3-4-11-21(14)15/h3-4,8,11-13H,1-2,5-7,9-10H2,(H,18,22)(H,23,24). The first-order valence-electron chi connectivity index (χ1n) is 8.46. The van der Waals surface area contributed by atoms with Gasteiger partial charge in [0.1, 0.15) is 5.82 Å². The second-order valence-electron chi connectivity index (χ2n) is 6.28. The van der Waals surface area contributed by atoms with E-state index in [0.29, 0.717) is 25.8 Å². The molecule has 0 radical (unpaired) electrons. The first-order valence-corrected chi connectivity index (χ1v) is 8.46. The van der Waals surface area contributed by atoms with E-state index in [1.165, 1.54) is 0 Å². The Morgan fingerprint density at radius 2 is 2.00 bits per heavy atom. The van der Waals surface area contributed by atoms with E-state index in [-0.39, 0.29) is 5.91 Å². The van der Waals surface area contributed by atoms with Gasteiger partial charge in [0.25, 0.3) is 0 Å². The van der Waals surface area contributed by atoms with Crippen LogP contribution in [0.25, 0.3) is 5.65 Å². The van der Waals surface area contributed by atoms with Crippen molar-refractivity contribution in [3.63, 3.8) is 0 Å². The van der Waals surface area contributed by atoms with Crippen molar-refractivity contribution >= 4 is 17.5 Å². The number of carboxylic acids is 1. The Morgan fingerprint density at radius 1 is 1.21 bits per heavy atom. The van der Waals surface area contributed by atoms with Gasteiger partial charge in [0, 0.05) is 19.2 Å². The number of pyridine rings is 1. The molecular weight excluding hydrogens is 308 g/mol. The zero-order valence-electron chi connectivity index (χ0n) is 13.5. The van der Waals surface area contributed by atoms with E-state index in [2.05, 4.69) is 15.5 Å². The largest absolute Gasteiger partial charge is 0.481 e. The number of hydrogen-bond acceptors (Lipinski definition) is 4.